The predicted molar refractivity (Wildman–Crippen MR) is 78.8 cm³/mol. The zero-order valence-electron chi connectivity index (χ0n) is 13.0. The normalized spacial score (nSPS) is 15.0. The second kappa shape index (κ2) is 5.97. The van der Waals surface area contributed by atoms with Gasteiger partial charge in [0, 0.05) is 18.7 Å². The van der Waals surface area contributed by atoms with E-state index in [0.717, 1.165) is 42.5 Å². The number of aromatic amines is 1. The molecule has 1 N–H and O–H groups in total. The summed E-state index contributed by atoms with van der Waals surface area (Å²) in [7, 11) is 2.08. The molecule has 2 aromatic rings. The molecule has 0 spiro atoms. The minimum Gasteiger partial charge on any atom is -0.338 e. The fourth-order valence-electron chi connectivity index (χ4n) is 2.57. The number of nitrogens with zero attached hydrogens (tertiary/aromatic N) is 4. The van der Waals surface area contributed by atoms with Crippen LogP contribution < -0.4 is 0 Å². The number of rotatable bonds is 7. The molecule has 2 heterocycles. The van der Waals surface area contributed by atoms with E-state index < -0.39 is 0 Å². The van der Waals surface area contributed by atoms with Gasteiger partial charge in [0.1, 0.15) is 0 Å². The highest BCUT2D eigenvalue weighted by atomic mass is 16.5. The molecule has 0 atom stereocenters. The van der Waals surface area contributed by atoms with Crippen LogP contribution in [0.1, 0.15) is 41.5 Å². The van der Waals surface area contributed by atoms with Gasteiger partial charge in [-0.15, -0.1) is 0 Å². The molecule has 1 fully saturated rings. The van der Waals surface area contributed by atoms with Crippen LogP contribution in [0.25, 0.3) is 0 Å². The maximum atomic E-state index is 5.33. The molecule has 114 valence electrons. The van der Waals surface area contributed by atoms with Gasteiger partial charge >= 0.3 is 0 Å². The van der Waals surface area contributed by atoms with Crippen LogP contribution in [0.3, 0.4) is 0 Å². The molecule has 21 heavy (non-hydrogen) atoms. The molecule has 0 unspecified atom stereocenters. The number of hydrogen-bond donors (Lipinski definition) is 1. The number of nitrogens with one attached hydrogen (secondary N) is 1. The van der Waals surface area contributed by atoms with E-state index in [4.69, 9.17) is 4.52 Å². The molecule has 0 saturated heterocycles. The first-order valence-corrected chi connectivity index (χ1v) is 7.62. The van der Waals surface area contributed by atoms with Gasteiger partial charge in [-0.2, -0.15) is 10.1 Å². The number of aryl methyl sites for hydroxylation is 2. The molecule has 1 aliphatic rings. The molecule has 2 aromatic heterocycles. The highest BCUT2D eigenvalue weighted by Crippen LogP contribution is 2.31. The van der Waals surface area contributed by atoms with Crippen molar-refractivity contribution in [3.05, 3.63) is 28.7 Å². The number of likely N-dealkylation sites (N-methyl/N-ethyl adjacent to an activating group) is 1. The maximum Gasteiger partial charge on any atom is 0.240 e. The Kier molecular flexibility index (Phi) is 4.05. The van der Waals surface area contributed by atoms with Crippen molar-refractivity contribution >= 4 is 0 Å². The van der Waals surface area contributed by atoms with Crippen molar-refractivity contribution in [3.63, 3.8) is 0 Å². The molecule has 0 aliphatic heterocycles. The Morgan fingerprint density at radius 3 is 2.81 bits per heavy atom. The summed E-state index contributed by atoms with van der Waals surface area (Å²) in [5.41, 5.74) is 3.55. The third kappa shape index (κ3) is 3.69. The van der Waals surface area contributed by atoms with Crippen LogP contribution in [0.5, 0.6) is 0 Å². The van der Waals surface area contributed by atoms with Gasteiger partial charge in [-0.3, -0.25) is 10.00 Å². The standard InChI is InChI=1S/C15H23N5O/c1-10-13(11(2)18-17-10)6-7-20(3)9-15-16-14(19-21-15)8-12-4-5-12/h12H,4-9H2,1-3H3,(H,17,18). The van der Waals surface area contributed by atoms with Crippen molar-refractivity contribution in [1.82, 2.24) is 25.2 Å². The Labute approximate surface area is 124 Å². The average Bonchev–Trinajstić information content (AvgIpc) is 3.06. The largest absolute Gasteiger partial charge is 0.338 e. The summed E-state index contributed by atoms with van der Waals surface area (Å²) in [5, 5.41) is 11.3. The Bertz CT molecular complexity index is 579. The lowest BCUT2D eigenvalue weighted by Gasteiger charge is -2.13. The fraction of sp³-hybridized carbons (Fsp3) is 0.667. The quantitative estimate of drug-likeness (QED) is 0.844. The summed E-state index contributed by atoms with van der Waals surface area (Å²) in [4.78, 5) is 6.68. The summed E-state index contributed by atoms with van der Waals surface area (Å²) in [6.45, 7) is 5.76. The van der Waals surface area contributed by atoms with Crippen LogP contribution in [-0.2, 0) is 19.4 Å². The van der Waals surface area contributed by atoms with Gasteiger partial charge in [-0.1, -0.05) is 5.16 Å². The molecule has 6 nitrogen and oxygen atoms in total. The van der Waals surface area contributed by atoms with Crippen LogP contribution in [0.2, 0.25) is 0 Å². The van der Waals surface area contributed by atoms with Crippen LogP contribution in [-0.4, -0.2) is 38.8 Å². The maximum absolute atomic E-state index is 5.33. The molecule has 1 saturated carbocycles. The molecular formula is C15H23N5O. The van der Waals surface area contributed by atoms with E-state index in [9.17, 15) is 0 Å². The SMILES string of the molecule is Cc1n[nH]c(C)c1CCN(C)Cc1nc(CC2CC2)no1. The van der Waals surface area contributed by atoms with E-state index in [2.05, 4.69) is 39.2 Å². The highest BCUT2D eigenvalue weighted by molar-refractivity contribution is 5.23. The van der Waals surface area contributed by atoms with Gasteiger partial charge in [0.25, 0.3) is 0 Å². The van der Waals surface area contributed by atoms with E-state index in [-0.39, 0.29) is 0 Å². The molecular weight excluding hydrogens is 266 g/mol. The summed E-state index contributed by atoms with van der Waals surface area (Å²) >= 11 is 0. The predicted octanol–water partition coefficient (Wildman–Crippen LogP) is 2.04. The van der Waals surface area contributed by atoms with Crippen LogP contribution in [0.4, 0.5) is 0 Å². The van der Waals surface area contributed by atoms with Gasteiger partial charge in [0.2, 0.25) is 5.89 Å². The minimum absolute atomic E-state index is 0.702. The van der Waals surface area contributed by atoms with E-state index in [0.29, 0.717) is 12.4 Å². The first-order chi connectivity index (χ1) is 10.1. The molecule has 0 aromatic carbocycles. The molecule has 0 amide bonds. The molecule has 3 rings (SSSR count). The number of aromatic nitrogens is 4. The van der Waals surface area contributed by atoms with Crippen LogP contribution >= 0.6 is 0 Å². The van der Waals surface area contributed by atoms with Gasteiger partial charge in [-0.25, -0.2) is 0 Å². The second-order valence-electron chi connectivity index (χ2n) is 6.15. The van der Waals surface area contributed by atoms with Gasteiger partial charge < -0.3 is 4.52 Å². The Balaban J connectivity index is 1.49. The number of H-pyrrole nitrogens is 1. The van der Waals surface area contributed by atoms with E-state index in [1.807, 2.05) is 6.92 Å². The monoisotopic (exact) mass is 289 g/mol. The van der Waals surface area contributed by atoms with Crippen molar-refractivity contribution in [2.75, 3.05) is 13.6 Å². The summed E-state index contributed by atoms with van der Waals surface area (Å²) in [5.74, 6) is 2.37. The van der Waals surface area contributed by atoms with Crippen molar-refractivity contribution in [3.8, 4) is 0 Å². The zero-order valence-corrected chi connectivity index (χ0v) is 13.0. The van der Waals surface area contributed by atoms with Crippen molar-refractivity contribution in [1.29, 1.82) is 0 Å². The summed E-state index contributed by atoms with van der Waals surface area (Å²) < 4.78 is 5.33. The highest BCUT2D eigenvalue weighted by Gasteiger charge is 2.24. The molecule has 0 bridgehead atoms. The summed E-state index contributed by atoms with van der Waals surface area (Å²) in [6, 6.07) is 0. The van der Waals surface area contributed by atoms with E-state index in [1.165, 1.54) is 18.4 Å². The fourth-order valence-corrected chi connectivity index (χ4v) is 2.57. The topological polar surface area (TPSA) is 70.8 Å². The molecule has 6 heteroatoms. The average molecular weight is 289 g/mol. The van der Waals surface area contributed by atoms with Crippen molar-refractivity contribution < 1.29 is 4.52 Å². The van der Waals surface area contributed by atoms with Gasteiger partial charge in [0.15, 0.2) is 5.82 Å². The Hall–Kier alpha value is -1.69. The lowest BCUT2D eigenvalue weighted by Crippen LogP contribution is -2.21. The third-order valence-electron chi connectivity index (χ3n) is 4.11. The van der Waals surface area contributed by atoms with E-state index >= 15 is 0 Å². The first kappa shape index (κ1) is 14.3. The lowest BCUT2D eigenvalue weighted by atomic mass is 10.1. The number of hydrogen-bond acceptors (Lipinski definition) is 5. The van der Waals surface area contributed by atoms with Crippen LogP contribution in [0.15, 0.2) is 4.52 Å². The van der Waals surface area contributed by atoms with E-state index in [1.54, 1.807) is 0 Å². The minimum atomic E-state index is 0.702. The first-order valence-electron chi connectivity index (χ1n) is 7.62. The smallest absolute Gasteiger partial charge is 0.240 e. The van der Waals surface area contributed by atoms with Crippen molar-refractivity contribution in [2.45, 2.75) is 46.1 Å². The lowest BCUT2D eigenvalue weighted by molar-refractivity contribution is 0.268. The van der Waals surface area contributed by atoms with Gasteiger partial charge in [-0.05, 0) is 51.6 Å². The van der Waals surface area contributed by atoms with Gasteiger partial charge in [0.05, 0.1) is 12.2 Å². The Morgan fingerprint density at radius 2 is 2.14 bits per heavy atom. The zero-order chi connectivity index (χ0) is 14.8. The van der Waals surface area contributed by atoms with Crippen molar-refractivity contribution in [2.24, 2.45) is 5.92 Å². The molecule has 1 aliphatic carbocycles. The molecule has 0 radical (unpaired) electrons. The van der Waals surface area contributed by atoms with Crippen LogP contribution in [0, 0.1) is 19.8 Å². The Morgan fingerprint density at radius 1 is 1.33 bits per heavy atom. The second-order valence-corrected chi connectivity index (χ2v) is 6.15. The third-order valence-corrected chi connectivity index (χ3v) is 4.11. The summed E-state index contributed by atoms with van der Waals surface area (Å²) in [6.07, 6.45) is 4.58.